The number of carbonyl (C=O) groups is 1. The third-order valence-electron chi connectivity index (χ3n) is 2.60. The summed E-state index contributed by atoms with van der Waals surface area (Å²) in [4.78, 5) is 11.2. The normalized spacial score (nSPS) is 24.0. The summed E-state index contributed by atoms with van der Waals surface area (Å²) in [6.07, 6.45) is 3.07. The maximum Gasteiger partial charge on any atom is 0.156 e. The van der Waals surface area contributed by atoms with Gasteiger partial charge in [-0.25, -0.2) is 0 Å². The van der Waals surface area contributed by atoms with E-state index < -0.39 is 0 Å². The molecule has 1 heteroatoms. The lowest BCUT2D eigenvalue weighted by atomic mass is 9.84. The zero-order chi connectivity index (χ0) is 9.30. The van der Waals surface area contributed by atoms with Crippen molar-refractivity contribution in [3.05, 3.63) is 22.8 Å². The van der Waals surface area contributed by atoms with Gasteiger partial charge >= 0.3 is 0 Å². The largest absolute Gasteiger partial charge is 0.295 e. The Hall–Kier alpha value is -0.850. The highest BCUT2D eigenvalue weighted by molar-refractivity contribution is 5.94. The molecule has 66 valence electrons. The van der Waals surface area contributed by atoms with Crippen LogP contribution in [0.15, 0.2) is 22.8 Å². The maximum atomic E-state index is 11.2. The van der Waals surface area contributed by atoms with Crippen molar-refractivity contribution in [2.45, 2.75) is 34.1 Å². The minimum absolute atomic E-state index is 0.217. The predicted octanol–water partition coefficient (Wildman–Crippen LogP) is 2.88. The highest BCUT2D eigenvalue weighted by Crippen LogP contribution is 2.28. The fourth-order valence-electron chi connectivity index (χ4n) is 1.68. The van der Waals surface area contributed by atoms with Crippen molar-refractivity contribution >= 4 is 5.78 Å². The summed E-state index contributed by atoms with van der Waals surface area (Å²) in [5, 5.41) is 0. The monoisotopic (exact) mass is 164 g/mol. The van der Waals surface area contributed by atoms with Crippen LogP contribution < -0.4 is 0 Å². The molecule has 0 radical (unpaired) electrons. The van der Waals surface area contributed by atoms with Crippen molar-refractivity contribution in [3.63, 3.8) is 0 Å². The Morgan fingerprint density at radius 3 is 2.58 bits per heavy atom. The zero-order valence-electron chi connectivity index (χ0n) is 8.27. The van der Waals surface area contributed by atoms with Crippen LogP contribution in [0.2, 0.25) is 0 Å². The van der Waals surface area contributed by atoms with Crippen molar-refractivity contribution in [1.82, 2.24) is 0 Å². The maximum absolute atomic E-state index is 11.2. The van der Waals surface area contributed by atoms with Gasteiger partial charge in [0.2, 0.25) is 0 Å². The van der Waals surface area contributed by atoms with E-state index in [0.717, 1.165) is 12.0 Å². The first-order valence-electron chi connectivity index (χ1n) is 4.41. The van der Waals surface area contributed by atoms with Crippen LogP contribution in [0.25, 0.3) is 0 Å². The molecule has 0 spiro atoms. The molecule has 1 nitrogen and oxygen atoms in total. The Morgan fingerprint density at radius 2 is 2.08 bits per heavy atom. The van der Waals surface area contributed by atoms with Crippen LogP contribution in [0, 0.1) is 5.92 Å². The van der Waals surface area contributed by atoms with Crippen LogP contribution >= 0.6 is 0 Å². The first-order valence-corrected chi connectivity index (χ1v) is 4.41. The second kappa shape index (κ2) is 3.26. The average Bonchev–Trinajstić information content (AvgIpc) is 1.96. The van der Waals surface area contributed by atoms with Gasteiger partial charge in [-0.05, 0) is 38.7 Å². The molecule has 0 bridgehead atoms. The van der Waals surface area contributed by atoms with Gasteiger partial charge in [-0.3, -0.25) is 4.79 Å². The Kier molecular flexibility index (Phi) is 2.51. The van der Waals surface area contributed by atoms with Crippen molar-refractivity contribution in [2.24, 2.45) is 5.92 Å². The molecule has 0 fully saturated rings. The van der Waals surface area contributed by atoms with E-state index in [1.54, 1.807) is 6.92 Å². The van der Waals surface area contributed by atoms with Crippen LogP contribution in [0.5, 0.6) is 0 Å². The van der Waals surface area contributed by atoms with E-state index in [1.807, 2.05) is 6.08 Å². The van der Waals surface area contributed by atoms with Gasteiger partial charge in [-0.1, -0.05) is 24.1 Å². The number of carbonyl (C=O) groups excluding carboxylic acids is 1. The molecule has 1 atom stereocenters. The van der Waals surface area contributed by atoms with Crippen LogP contribution in [0.3, 0.4) is 0 Å². The second-order valence-corrected chi connectivity index (χ2v) is 3.72. The third-order valence-corrected chi connectivity index (χ3v) is 2.60. The van der Waals surface area contributed by atoms with Gasteiger partial charge in [-0.2, -0.15) is 0 Å². The molecule has 12 heavy (non-hydrogen) atoms. The molecular weight excluding hydrogens is 148 g/mol. The highest BCUT2D eigenvalue weighted by Gasteiger charge is 2.18. The van der Waals surface area contributed by atoms with E-state index in [2.05, 4.69) is 20.8 Å². The molecule has 0 aromatic heterocycles. The molecule has 0 aromatic carbocycles. The van der Waals surface area contributed by atoms with E-state index in [4.69, 9.17) is 0 Å². The van der Waals surface area contributed by atoms with Crippen molar-refractivity contribution < 1.29 is 4.79 Å². The summed E-state index contributed by atoms with van der Waals surface area (Å²) < 4.78 is 0. The van der Waals surface area contributed by atoms with Crippen molar-refractivity contribution in [3.8, 4) is 0 Å². The first kappa shape index (κ1) is 9.24. The fraction of sp³-hybridized carbons (Fsp3) is 0.545. The molecule has 0 saturated carbocycles. The van der Waals surface area contributed by atoms with E-state index >= 15 is 0 Å². The number of hydrogen-bond acceptors (Lipinski definition) is 1. The summed E-state index contributed by atoms with van der Waals surface area (Å²) in [5.41, 5.74) is 3.66. The summed E-state index contributed by atoms with van der Waals surface area (Å²) in [6, 6.07) is 0. The van der Waals surface area contributed by atoms with Gasteiger partial charge in [0.1, 0.15) is 0 Å². The molecule has 1 unspecified atom stereocenters. The molecule has 0 amide bonds. The van der Waals surface area contributed by atoms with Gasteiger partial charge in [0.05, 0.1) is 0 Å². The van der Waals surface area contributed by atoms with E-state index in [9.17, 15) is 4.79 Å². The second-order valence-electron chi connectivity index (χ2n) is 3.72. The van der Waals surface area contributed by atoms with Gasteiger partial charge in [-0.15, -0.1) is 0 Å². The summed E-state index contributed by atoms with van der Waals surface area (Å²) in [6.45, 7) is 7.98. The van der Waals surface area contributed by atoms with Crippen molar-refractivity contribution in [2.75, 3.05) is 0 Å². The topological polar surface area (TPSA) is 17.1 Å². The zero-order valence-corrected chi connectivity index (χ0v) is 8.27. The molecule has 0 aromatic rings. The lowest BCUT2D eigenvalue weighted by Crippen LogP contribution is -2.12. The summed E-state index contributed by atoms with van der Waals surface area (Å²) in [5.74, 6) is 0.626. The van der Waals surface area contributed by atoms with Crippen molar-refractivity contribution in [1.29, 1.82) is 0 Å². The molecule has 0 N–H and O–H groups in total. The number of Topliss-reactive ketones (excluding diaryl/α,β-unsaturated/α-hetero) is 1. The smallest absolute Gasteiger partial charge is 0.156 e. The minimum atomic E-state index is 0.217. The summed E-state index contributed by atoms with van der Waals surface area (Å²) >= 11 is 0. The lowest BCUT2D eigenvalue weighted by molar-refractivity contribution is -0.114. The Balaban J connectivity index is 3.01. The van der Waals surface area contributed by atoms with E-state index in [1.165, 1.54) is 11.1 Å². The Labute approximate surface area is 74.2 Å². The summed E-state index contributed by atoms with van der Waals surface area (Å²) in [7, 11) is 0. The number of hydrogen-bond donors (Lipinski definition) is 0. The van der Waals surface area contributed by atoms with Crippen LogP contribution in [-0.2, 0) is 4.79 Å². The van der Waals surface area contributed by atoms with Gasteiger partial charge in [0.25, 0.3) is 0 Å². The van der Waals surface area contributed by atoms with Crippen LogP contribution in [-0.4, -0.2) is 5.78 Å². The molecule has 1 aliphatic rings. The van der Waals surface area contributed by atoms with Crippen LogP contribution in [0.1, 0.15) is 34.1 Å². The lowest BCUT2D eigenvalue weighted by Gasteiger charge is -2.20. The SMILES string of the molecule is CC(=O)C1=CC(C)=C(C)CC1C. The Bertz CT molecular complexity index is 269. The third kappa shape index (κ3) is 1.66. The predicted molar refractivity (Wildman–Crippen MR) is 50.9 cm³/mol. The minimum Gasteiger partial charge on any atom is -0.295 e. The molecule has 0 aliphatic heterocycles. The fourth-order valence-corrected chi connectivity index (χ4v) is 1.68. The van der Waals surface area contributed by atoms with Crippen LogP contribution in [0.4, 0.5) is 0 Å². The van der Waals surface area contributed by atoms with E-state index in [0.29, 0.717) is 5.92 Å². The number of rotatable bonds is 1. The van der Waals surface area contributed by atoms with Gasteiger partial charge < -0.3 is 0 Å². The molecule has 1 aliphatic carbocycles. The molecular formula is C11H16O. The Morgan fingerprint density at radius 1 is 1.50 bits per heavy atom. The molecule has 1 rings (SSSR count). The molecule has 0 saturated heterocycles. The van der Waals surface area contributed by atoms with Gasteiger partial charge in [0.15, 0.2) is 5.78 Å². The standard InChI is InChI=1S/C11H16O/c1-7-5-9(3)11(10(4)12)6-8(7)2/h6,9H,5H2,1-4H3. The average molecular weight is 164 g/mol. The van der Waals surface area contributed by atoms with Gasteiger partial charge in [0, 0.05) is 0 Å². The number of allylic oxidation sites excluding steroid dienone is 4. The highest BCUT2D eigenvalue weighted by atomic mass is 16.1. The number of ketones is 1. The molecule has 0 heterocycles. The first-order chi connectivity index (χ1) is 5.52. The van der Waals surface area contributed by atoms with E-state index in [-0.39, 0.29) is 5.78 Å². The quantitative estimate of drug-likeness (QED) is 0.582.